The summed E-state index contributed by atoms with van der Waals surface area (Å²) in [5, 5.41) is 0. The molecule has 2 aromatic carbocycles. The van der Waals surface area contributed by atoms with E-state index in [1.807, 2.05) is 0 Å². The van der Waals surface area contributed by atoms with Gasteiger partial charge in [-0.1, -0.05) is 0 Å². The molecule has 0 N–H and O–H groups in total. The van der Waals surface area contributed by atoms with E-state index in [2.05, 4.69) is 123 Å². The zero-order chi connectivity index (χ0) is 20.9. The van der Waals surface area contributed by atoms with Gasteiger partial charge < -0.3 is 0 Å². The Morgan fingerprint density at radius 3 is 1.25 bits per heavy atom. The van der Waals surface area contributed by atoms with Gasteiger partial charge in [-0.25, -0.2) is 0 Å². The Labute approximate surface area is 204 Å². The average Bonchev–Trinajstić information content (AvgIpc) is 2.70. The van der Waals surface area contributed by atoms with Gasteiger partial charge in [0.1, 0.15) is 0 Å². The van der Waals surface area contributed by atoms with Gasteiger partial charge in [0.2, 0.25) is 0 Å². The third kappa shape index (κ3) is 11.7. The fourth-order valence-electron chi connectivity index (χ4n) is 2.85. The summed E-state index contributed by atoms with van der Waals surface area (Å²) in [7, 11) is 0. The molecule has 28 heavy (non-hydrogen) atoms. The van der Waals surface area contributed by atoms with E-state index in [1.165, 1.54) is 53.3 Å². The van der Waals surface area contributed by atoms with Gasteiger partial charge in [0.25, 0.3) is 0 Å². The molecule has 2 aromatic rings. The van der Waals surface area contributed by atoms with E-state index < -0.39 is 31.1 Å². The molecule has 0 spiro atoms. The molecular weight excluding hydrogens is 766 g/mol. The van der Waals surface area contributed by atoms with Crippen LogP contribution >= 0.6 is 48.9 Å². The Hall–Kier alpha value is 2.13. The van der Waals surface area contributed by atoms with Crippen molar-refractivity contribution < 1.29 is 31.1 Å². The van der Waals surface area contributed by atoms with Gasteiger partial charge in [-0.3, -0.25) is 0 Å². The number of halogens is 4. The second kappa shape index (κ2) is 15.9. The number of hydrogen-bond donors (Lipinski definition) is 0. The van der Waals surface area contributed by atoms with E-state index in [-0.39, 0.29) is 0 Å². The Morgan fingerprint density at radius 2 is 0.929 bits per heavy atom. The van der Waals surface area contributed by atoms with Crippen molar-refractivity contribution in [2.75, 3.05) is 0 Å². The molecule has 0 saturated carbocycles. The van der Waals surface area contributed by atoms with Crippen LogP contribution in [0.4, 0.5) is 0 Å². The van der Waals surface area contributed by atoms with Crippen LogP contribution in [0.3, 0.4) is 0 Å². The van der Waals surface area contributed by atoms with E-state index in [1.54, 1.807) is 0 Å². The fraction of sp³-hybridized carbons (Fsp3) is 0.455. The van der Waals surface area contributed by atoms with Crippen LogP contribution < -0.4 is 6.54 Å². The number of unbranched alkanes of at least 4 members (excludes halogenated alkanes) is 4. The fourth-order valence-corrected chi connectivity index (χ4v) is 24.0. The van der Waals surface area contributed by atoms with E-state index in [0.29, 0.717) is 0 Å². The van der Waals surface area contributed by atoms with E-state index in [4.69, 9.17) is 0 Å². The van der Waals surface area contributed by atoms with Gasteiger partial charge in [-0.05, 0) is 0 Å². The molecule has 0 saturated heterocycles. The summed E-state index contributed by atoms with van der Waals surface area (Å²) in [6, 6.07) is 21.2. The van der Waals surface area contributed by atoms with Gasteiger partial charge in [-0.15, -0.1) is 0 Å². The van der Waals surface area contributed by atoms with Crippen LogP contribution in [0.1, 0.15) is 52.4 Å². The van der Waals surface area contributed by atoms with Gasteiger partial charge in [0.15, 0.2) is 0 Å². The molecule has 0 bridgehead atoms. The number of rotatable bonds is 10. The summed E-state index contributed by atoms with van der Waals surface area (Å²) in [5.74, 6) is 0. The van der Waals surface area contributed by atoms with Crippen molar-refractivity contribution in [2.24, 2.45) is 0 Å². The third-order valence-corrected chi connectivity index (χ3v) is 35.3. The van der Waals surface area contributed by atoms with Crippen LogP contribution in [0, 0.1) is 0 Å². The molecule has 0 aliphatic carbocycles. The first-order valence-corrected chi connectivity index (χ1v) is 38.6. The second-order valence-electron chi connectivity index (χ2n) is 7.08. The van der Waals surface area contributed by atoms with Gasteiger partial charge >= 0.3 is 208 Å². The Bertz CT molecular complexity index is 580. The van der Waals surface area contributed by atoms with Gasteiger partial charge in [0.05, 0.1) is 0 Å². The van der Waals surface area contributed by atoms with Crippen LogP contribution in [0.15, 0.2) is 60.7 Å². The van der Waals surface area contributed by atoms with Crippen LogP contribution in [0.25, 0.3) is 0 Å². The molecule has 0 aromatic heterocycles. The summed E-state index contributed by atoms with van der Waals surface area (Å²) < 4.78 is 5.73. The van der Waals surface area contributed by atoms with Crippen molar-refractivity contribution in [1.29, 1.82) is 0 Å². The van der Waals surface area contributed by atoms with Crippen LogP contribution in [0.5, 0.6) is 0 Å². The predicted octanol–water partition coefficient (Wildman–Crippen LogP) is 9.39. The first kappa shape index (κ1) is 28.2. The second-order valence-corrected chi connectivity index (χ2v) is 64.0. The van der Waals surface area contributed by atoms with Gasteiger partial charge in [-0.2, -0.15) is 0 Å². The molecule has 6 heteroatoms. The molecule has 0 amide bonds. The minimum atomic E-state index is -2.62. The molecule has 0 aliphatic rings. The first-order chi connectivity index (χ1) is 13.3. The van der Waals surface area contributed by atoms with E-state index in [0.717, 1.165) is 0 Å². The van der Waals surface area contributed by atoms with Crippen molar-refractivity contribution in [3.63, 3.8) is 0 Å². The van der Waals surface area contributed by atoms with Crippen molar-refractivity contribution >= 4 is 55.4 Å². The molecule has 2 rings (SSSR count). The monoisotopic (exact) mass is 792 g/mol. The van der Waals surface area contributed by atoms with Crippen molar-refractivity contribution in [3.05, 3.63) is 60.7 Å². The average molecular weight is 799 g/mol. The van der Waals surface area contributed by atoms with Crippen LogP contribution in [0.2, 0.25) is 8.26 Å². The van der Waals surface area contributed by atoms with Crippen LogP contribution in [-0.4, -0.2) is 0 Å². The van der Waals surface area contributed by atoms with Crippen molar-refractivity contribution in [3.8, 4) is 0 Å². The first-order valence-electron chi connectivity index (χ1n) is 10.2. The normalized spacial score (nSPS) is 11.6. The topological polar surface area (TPSA) is 0 Å². The molecule has 156 valence electrons. The summed E-state index contributed by atoms with van der Waals surface area (Å²) in [5.41, 5.74) is 0. The van der Waals surface area contributed by atoms with Gasteiger partial charge in [0, 0.05) is 0 Å². The summed E-state index contributed by atoms with van der Waals surface area (Å²) >= 11 is 11.3. The van der Waals surface area contributed by atoms with E-state index in [9.17, 15) is 0 Å². The number of benzene rings is 2. The quantitative estimate of drug-likeness (QED) is 0.211. The maximum absolute atomic E-state index is 3.97. The molecule has 0 heterocycles. The molecule has 0 radical (unpaired) electrons. The Morgan fingerprint density at radius 1 is 0.571 bits per heavy atom. The summed E-state index contributed by atoms with van der Waals surface area (Å²) in [6.45, 7) is 4.55. The summed E-state index contributed by atoms with van der Waals surface area (Å²) in [6.07, 6.45) is 8.35. The zero-order valence-electron chi connectivity index (χ0n) is 16.9. The predicted molar refractivity (Wildman–Crippen MR) is 137 cm³/mol. The molecular formula is C22H32Br4Zr2. The van der Waals surface area contributed by atoms with Crippen LogP contribution in [-0.2, 0) is 31.1 Å². The zero-order valence-corrected chi connectivity index (χ0v) is 28.2. The summed E-state index contributed by atoms with van der Waals surface area (Å²) in [4.78, 5) is 0. The van der Waals surface area contributed by atoms with E-state index >= 15 is 0 Å². The SMILES string of the molecule is CCCC[CH2][Zr]([Br])([Br])[CH2]CCCC.[Br][Zr]([Br])([c]1ccccc1)[c]1ccccc1. The molecule has 0 aliphatic heterocycles. The van der Waals surface area contributed by atoms with Crippen molar-refractivity contribution in [1.82, 2.24) is 0 Å². The molecule has 0 fully saturated rings. The minimum absolute atomic E-state index is 1.34. The molecule has 0 unspecified atom stereocenters. The van der Waals surface area contributed by atoms with Crippen molar-refractivity contribution in [2.45, 2.75) is 60.6 Å². The number of hydrogen-bond acceptors (Lipinski definition) is 0. The Kier molecular flexibility index (Phi) is 15.9. The Balaban J connectivity index is 0.000000284. The third-order valence-electron chi connectivity index (χ3n) is 4.56. The maximum atomic E-state index is 3.97. The molecule has 0 atom stereocenters. The standard InChI is InChI=1S/2C6H5.2C5H11.4BrH.2Zr/c2*1-2-4-6-5-3-1;2*1-3-5-4-2;;;;;;/h2*1-5H;2*1,3-5H2,2H3;4*1H;;/q;;;;;;;;2*+2/p-4. The molecule has 0 nitrogen and oxygen atoms in total.